The van der Waals surface area contributed by atoms with Gasteiger partial charge in [0, 0.05) is 6.07 Å². The van der Waals surface area contributed by atoms with Crippen LogP contribution in [0.4, 0.5) is 5.69 Å². The fraction of sp³-hybridized carbons (Fsp3) is 0.538. The van der Waals surface area contributed by atoms with Crippen molar-refractivity contribution in [3.63, 3.8) is 0 Å². The van der Waals surface area contributed by atoms with Crippen molar-refractivity contribution in [2.24, 2.45) is 5.92 Å². The molecule has 0 saturated heterocycles. The smallest absolute Gasteiger partial charge is 0.310 e. The number of hydrogen-bond donors (Lipinski definition) is 2. The van der Waals surface area contributed by atoms with E-state index in [0.717, 1.165) is 0 Å². The first-order valence-corrected chi connectivity index (χ1v) is 6.01. The van der Waals surface area contributed by atoms with Crippen molar-refractivity contribution in [1.82, 2.24) is 0 Å². The number of aliphatic hydroxyl groups excluding tert-OH is 1. The largest absolute Gasteiger partial charge is 0.484 e. The molecule has 1 aromatic rings. The van der Waals surface area contributed by atoms with Crippen molar-refractivity contribution in [3.8, 4) is 5.75 Å². The highest BCUT2D eigenvalue weighted by atomic mass is 16.6. The van der Waals surface area contributed by atoms with Crippen molar-refractivity contribution >= 4 is 5.69 Å². The molecule has 6 heteroatoms. The standard InChI is InChI=1S/C13H19NO5/c1-9(2)13(3,16)8-19-12-6-10(7-15)4-5-11(12)14(17)18/h4-6,9,15-16H,7-8H2,1-3H3. The van der Waals surface area contributed by atoms with E-state index in [4.69, 9.17) is 9.84 Å². The Morgan fingerprint density at radius 2 is 2.11 bits per heavy atom. The lowest BCUT2D eigenvalue weighted by Gasteiger charge is -2.27. The molecule has 0 aliphatic rings. The molecule has 1 unspecified atom stereocenters. The predicted molar refractivity (Wildman–Crippen MR) is 70.0 cm³/mol. The van der Waals surface area contributed by atoms with Gasteiger partial charge in [0.05, 0.1) is 17.1 Å². The van der Waals surface area contributed by atoms with E-state index in [9.17, 15) is 15.2 Å². The maximum atomic E-state index is 10.9. The summed E-state index contributed by atoms with van der Waals surface area (Å²) < 4.78 is 5.36. The van der Waals surface area contributed by atoms with Crippen molar-refractivity contribution in [2.45, 2.75) is 33.0 Å². The molecule has 19 heavy (non-hydrogen) atoms. The maximum Gasteiger partial charge on any atom is 0.310 e. The SMILES string of the molecule is CC(C)C(C)(O)COc1cc(CO)ccc1[N+](=O)[O-]. The van der Waals surface area contributed by atoms with Gasteiger partial charge < -0.3 is 14.9 Å². The van der Waals surface area contributed by atoms with Crippen LogP contribution in [0.15, 0.2) is 18.2 Å². The van der Waals surface area contributed by atoms with E-state index in [1.165, 1.54) is 18.2 Å². The summed E-state index contributed by atoms with van der Waals surface area (Å²) in [7, 11) is 0. The molecule has 0 saturated carbocycles. The Labute approximate surface area is 111 Å². The number of hydrogen-bond acceptors (Lipinski definition) is 5. The van der Waals surface area contributed by atoms with Crippen LogP contribution in [0.1, 0.15) is 26.3 Å². The molecule has 0 bridgehead atoms. The molecular formula is C13H19NO5. The van der Waals surface area contributed by atoms with Crippen LogP contribution in [0.5, 0.6) is 5.75 Å². The Kier molecular flexibility index (Phi) is 4.85. The Balaban J connectivity index is 2.95. The van der Waals surface area contributed by atoms with Gasteiger partial charge in [-0.2, -0.15) is 0 Å². The van der Waals surface area contributed by atoms with Crippen LogP contribution in [-0.4, -0.2) is 27.3 Å². The molecule has 0 spiro atoms. The molecule has 0 heterocycles. The zero-order valence-corrected chi connectivity index (χ0v) is 11.3. The van der Waals surface area contributed by atoms with Gasteiger partial charge >= 0.3 is 5.69 Å². The number of aliphatic hydroxyl groups is 2. The van der Waals surface area contributed by atoms with E-state index in [0.29, 0.717) is 5.56 Å². The third-order valence-electron chi connectivity index (χ3n) is 3.17. The van der Waals surface area contributed by atoms with Crippen LogP contribution >= 0.6 is 0 Å². The first-order valence-electron chi connectivity index (χ1n) is 6.01. The van der Waals surface area contributed by atoms with E-state index < -0.39 is 10.5 Å². The third kappa shape index (κ3) is 3.90. The van der Waals surface area contributed by atoms with Crippen LogP contribution in [0, 0.1) is 16.0 Å². The molecular weight excluding hydrogens is 250 g/mol. The average Bonchev–Trinajstić information content (AvgIpc) is 2.35. The molecule has 0 aliphatic heterocycles. The fourth-order valence-electron chi connectivity index (χ4n) is 1.31. The molecule has 0 radical (unpaired) electrons. The Hall–Kier alpha value is -1.66. The van der Waals surface area contributed by atoms with Gasteiger partial charge in [0.15, 0.2) is 5.75 Å². The van der Waals surface area contributed by atoms with Crippen LogP contribution < -0.4 is 4.74 Å². The van der Waals surface area contributed by atoms with Crippen molar-refractivity contribution in [3.05, 3.63) is 33.9 Å². The van der Waals surface area contributed by atoms with Gasteiger partial charge in [0.25, 0.3) is 0 Å². The van der Waals surface area contributed by atoms with E-state index in [2.05, 4.69) is 0 Å². The number of rotatable bonds is 6. The van der Waals surface area contributed by atoms with Crippen molar-refractivity contribution in [1.29, 1.82) is 0 Å². The summed E-state index contributed by atoms with van der Waals surface area (Å²) in [6.45, 7) is 5.00. The minimum absolute atomic E-state index is 0.0485. The summed E-state index contributed by atoms with van der Waals surface area (Å²) in [5.74, 6) is 0.00468. The lowest BCUT2D eigenvalue weighted by molar-refractivity contribution is -0.386. The molecule has 6 nitrogen and oxygen atoms in total. The number of nitro groups is 1. The number of benzene rings is 1. The minimum atomic E-state index is -1.08. The zero-order valence-electron chi connectivity index (χ0n) is 11.3. The van der Waals surface area contributed by atoms with Gasteiger partial charge in [-0.15, -0.1) is 0 Å². The highest BCUT2D eigenvalue weighted by Gasteiger charge is 2.27. The van der Waals surface area contributed by atoms with Crippen LogP contribution in [0.25, 0.3) is 0 Å². The van der Waals surface area contributed by atoms with E-state index in [-0.39, 0.29) is 30.6 Å². The van der Waals surface area contributed by atoms with Crippen LogP contribution in [-0.2, 0) is 6.61 Å². The summed E-state index contributed by atoms with van der Waals surface area (Å²) in [4.78, 5) is 10.3. The highest BCUT2D eigenvalue weighted by Crippen LogP contribution is 2.29. The fourth-order valence-corrected chi connectivity index (χ4v) is 1.31. The quantitative estimate of drug-likeness (QED) is 0.607. The normalized spacial score (nSPS) is 14.2. The monoisotopic (exact) mass is 269 g/mol. The van der Waals surface area contributed by atoms with Gasteiger partial charge in [-0.05, 0) is 30.5 Å². The first-order chi connectivity index (χ1) is 8.77. The van der Waals surface area contributed by atoms with E-state index in [1.54, 1.807) is 6.92 Å². The lowest BCUT2D eigenvalue weighted by Crippen LogP contribution is -2.37. The van der Waals surface area contributed by atoms with Gasteiger partial charge in [-0.1, -0.05) is 13.8 Å². The Morgan fingerprint density at radius 3 is 2.58 bits per heavy atom. The molecule has 1 aromatic carbocycles. The van der Waals surface area contributed by atoms with Crippen LogP contribution in [0.3, 0.4) is 0 Å². The van der Waals surface area contributed by atoms with E-state index in [1.807, 2.05) is 13.8 Å². The zero-order chi connectivity index (χ0) is 14.6. The van der Waals surface area contributed by atoms with E-state index >= 15 is 0 Å². The predicted octanol–water partition coefficient (Wildman–Crippen LogP) is 1.87. The molecule has 0 fully saturated rings. The summed E-state index contributed by atoms with van der Waals surface area (Å²) in [5, 5.41) is 30.0. The van der Waals surface area contributed by atoms with Gasteiger partial charge in [0.1, 0.15) is 6.61 Å². The molecule has 0 aliphatic carbocycles. The molecule has 0 aromatic heterocycles. The Bertz CT molecular complexity index is 456. The average molecular weight is 269 g/mol. The van der Waals surface area contributed by atoms with Crippen LogP contribution in [0.2, 0.25) is 0 Å². The number of ether oxygens (including phenoxy) is 1. The molecule has 2 N–H and O–H groups in total. The molecule has 1 atom stereocenters. The summed E-state index contributed by atoms with van der Waals surface area (Å²) in [6, 6.07) is 4.16. The lowest BCUT2D eigenvalue weighted by atomic mass is 9.94. The molecule has 1 rings (SSSR count). The summed E-state index contributed by atoms with van der Waals surface area (Å²) in [5.41, 5.74) is -0.746. The van der Waals surface area contributed by atoms with Gasteiger partial charge in [-0.25, -0.2) is 0 Å². The second-order valence-electron chi connectivity index (χ2n) is 5.02. The molecule has 0 amide bonds. The summed E-state index contributed by atoms with van der Waals surface area (Å²) >= 11 is 0. The Morgan fingerprint density at radius 1 is 1.47 bits per heavy atom. The topological polar surface area (TPSA) is 92.8 Å². The number of nitro benzene ring substituents is 1. The first kappa shape index (κ1) is 15.4. The second-order valence-corrected chi connectivity index (χ2v) is 5.02. The van der Waals surface area contributed by atoms with Gasteiger partial charge in [-0.3, -0.25) is 10.1 Å². The minimum Gasteiger partial charge on any atom is -0.484 e. The van der Waals surface area contributed by atoms with Crippen molar-refractivity contribution in [2.75, 3.05) is 6.61 Å². The summed E-state index contributed by atoms with van der Waals surface area (Å²) in [6.07, 6.45) is 0. The number of nitrogens with zero attached hydrogens (tertiary/aromatic N) is 1. The third-order valence-corrected chi connectivity index (χ3v) is 3.17. The maximum absolute atomic E-state index is 10.9. The van der Waals surface area contributed by atoms with Gasteiger partial charge in [0.2, 0.25) is 0 Å². The van der Waals surface area contributed by atoms with Crippen molar-refractivity contribution < 1.29 is 19.9 Å². The highest BCUT2D eigenvalue weighted by molar-refractivity contribution is 5.48. The molecule has 106 valence electrons. The second kappa shape index (κ2) is 5.99.